The molecule has 0 unspecified atom stereocenters. The predicted octanol–water partition coefficient (Wildman–Crippen LogP) is 3.60. The molecule has 1 fully saturated rings. The topological polar surface area (TPSA) is 64.7 Å². The highest BCUT2D eigenvalue weighted by atomic mass is 16.2. The van der Waals surface area contributed by atoms with Gasteiger partial charge in [0.2, 0.25) is 11.8 Å². The zero-order chi connectivity index (χ0) is 23.1. The van der Waals surface area contributed by atoms with Crippen LogP contribution in [-0.2, 0) is 9.59 Å². The molecule has 2 aromatic carbocycles. The van der Waals surface area contributed by atoms with Gasteiger partial charge in [0, 0.05) is 36.4 Å². The van der Waals surface area contributed by atoms with E-state index in [1.54, 1.807) is 0 Å². The van der Waals surface area contributed by atoms with Crippen LogP contribution in [0.15, 0.2) is 54.6 Å². The number of nitrogens with zero attached hydrogens (tertiary/aromatic N) is 2. The van der Waals surface area contributed by atoms with E-state index < -0.39 is 0 Å². The van der Waals surface area contributed by atoms with Crippen LogP contribution in [0.25, 0.3) is 11.1 Å². The fourth-order valence-corrected chi connectivity index (χ4v) is 4.06. The van der Waals surface area contributed by atoms with Gasteiger partial charge in [-0.1, -0.05) is 48.5 Å². The number of carbonyl (C=O) groups excluding carboxylic acids is 2. The SMILES string of the molecule is C[C@@H](C(=O)Nc1ccccc1-c1ccccc1)N1CCCN(CC(=O)NC(C)(C)C)CC1. The first kappa shape index (κ1) is 24.0. The van der Waals surface area contributed by atoms with Crippen LogP contribution >= 0.6 is 0 Å². The van der Waals surface area contributed by atoms with Gasteiger partial charge in [-0.25, -0.2) is 0 Å². The van der Waals surface area contributed by atoms with Gasteiger partial charge in [-0.15, -0.1) is 0 Å². The van der Waals surface area contributed by atoms with Crippen molar-refractivity contribution in [1.29, 1.82) is 0 Å². The van der Waals surface area contributed by atoms with Gasteiger partial charge in [0.05, 0.1) is 12.6 Å². The molecule has 1 saturated heterocycles. The molecule has 3 rings (SSSR count). The van der Waals surface area contributed by atoms with Gasteiger partial charge in [0.15, 0.2) is 0 Å². The third-order valence-electron chi connectivity index (χ3n) is 5.70. The van der Waals surface area contributed by atoms with Gasteiger partial charge in [0.25, 0.3) is 0 Å². The molecule has 1 aliphatic heterocycles. The molecule has 0 radical (unpaired) electrons. The van der Waals surface area contributed by atoms with Crippen molar-refractivity contribution in [3.05, 3.63) is 54.6 Å². The Morgan fingerprint density at radius 3 is 2.34 bits per heavy atom. The van der Waals surface area contributed by atoms with Crippen molar-refractivity contribution in [2.75, 3.05) is 38.0 Å². The molecular formula is C26H36N4O2. The number of amides is 2. The number of hydrogen-bond acceptors (Lipinski definition) is 4. The van der Waals surface area contributed by atoms with Crippen molar-refractivity contribution in [3.8, 4) is 11.1 Å². The lowest BCUT2D eigenvalue weighted by molar-refractivity contribution is -0.124. The van der Waals surface area contributed by atoms with Crippen molar-refractivity contribution >= 4 is 17.5 Å². The van der Waals surface area contributed by atoms with Crippen LogP contribution in [0.2, 0.25) is 0 Å². The Hall–Kier alpha value is -2.70. The minimum absolute atomic E-state index is 0.00712. The van der Waals surface area contributed by atoms with E-state index >= 15 is 0 Å². The summed E-state index contributed by atoms with van der Waals surface area (Å²) in [5.74, 6) is 0.0431. The zero-order valence-electron chi connectivity index (χ0n) is 19.7. The summed E-state index contributed by atoms with van der Waals surface area (Å²) in [6.07, 6.45) is 0.932. The van der Waals surface area contributed by atoms with Crippen molar-refractivity contribution in [2.24, 2.45) is 0 Å². The summed E-state index contributed by atoms with van der Waals surface area (Å²) in [6, 6.07) is 17.8. The van der Waals surface area contributed by atoms with Crippen molar-refractivity contribution in [2.45, 2.75) is 45.7 Å². The Balaban J connectivity index is 1.58. The Morgan fingerprint density at radius 1 is 0.938 bits per heavy atom. The largest absolute Gasteiger partial charge is 0.350 e. The lowest BCUT2D eigenvalue weighted by Gasteiger charge is -2.27. The van der Waals surface area contributed by atoms with Gasteiger partial charge < -0.3 is 10.6 Å². The Bertz CT molecular complexity index is 908. The minimum Gasteiger partial charge on any atom is -0.350 e. The predicted molar refractivity (Wildman–Crippen MR) is 130 cm³/mol. The van der Waals surface area contributed by atoms with Crippen LogP contribution in [0, 0.1) is 0 Å². The first-order valence-electron chi connectivity index (χ1n) is 11.5. The van der Waals surface area contributed by atoms with Crippen molar-refractivity contribution in [1.82, 2.24) is 15.1 Å². The highest BCUT2D eigenvalue weighted by Gasteiger charge is 2.26. The summed E-state index contributed by atoms with van der Waals surface area (Å²) >= 11 is 0. The number of para-hydroxylation sites is 1. The highest BCUT2D eigenvalue weighted by molar-refractivity contribution is 5.98. The number of carbonyl (C=O) groups is 2. The van der Waals surface area contributed by atoms with Crippen LogP contribution in [0.3, 0.4) is 0 Å². The molecule has 0 aromatic heterocycles. The molecule has 1 aliphatic rings. The fraction of sp³-hybridized carbons (Fsp3) is 0.462. The van der Waals surface area contributed by atoms with E-state index in [0.717, 1.165) is 49.4 Å². The molecule has 1 atom stereocenters. The lowest BCUT2D eigenvalue weighted by atomic mass is 10.0. The molecule has 2 amide bonds. The number of rotatable bonds is 6. The molecule has 1 heterocycles. The smallest absolute Gasteiger partial charge is 0.241 e. The molecule has 172 valence electrons. The summed E-state index contributed by atoms with van der Waals surface area (Å²) in [5, 5.41) is 6.16. The molecule has 6 nitrogen and oxygen atoms in total. The molecule has 0 saturated carbocycles. The maximum Gasteiger partial charge on any atom is 0.241 e. The van der Waals surface area contributed by atoms with Crippen molar-refractivity contribution in [3.63, 3.8) is 0 Å². The summed E-state index contributed by atoms with van der Waals surface area (Å²) in [7, 11) is 0. The van der Waals surface area contributed by atoms with Gasteiger partial charge in [0.1, 0.15) is 0 Å². The third kappa shape index (κ3) is 6.90. The molecule has 0 bridgehead atoms. The average molecular weight is 437 g/mol. The van der Waals surface area contributed by atoms with Gasteiger partial charge in [-0.05, 0) is 52.3 Å². The minimum atomic E-state index is -0.248. The molecule has 2 N–H and O–H groups in total. The van der Waals surface area contributed by atoms with E-state index in [0.29, 0.717) is 6.54 Å². The second-order valence-corrected chi connectivity index (χ2v) is 9.54. The Labute approximate surface area is 192 Å². The van der Waals surface area contributed by atoms with E-state index in [9.17, 15) is 9.59 Å². The maximum absolute atomic E-state index is 13.1. The van der Waals surface area contributed by atoms with Crippen LogP contribution in [0.1, 0.15) is 34.1 Å². The number of anilines is 1. The van der Waals surface area contributed by atoms with E-state index in [1.807, 2.05) is 82.3 Å². The van der Waals surface area contributed by atoms with E-state index in [2.05, 4.69) is 20.4 Å². The molecule has 6 heteroatoms. The van der Waals surface area contributed by atoms with Crippen LogP contribution < -0.4 is 10.6 Å². The maximum atomic E-state index is 13.1. The molecule has 2 aromatic rings. The first-order chi connectivity index (χ1) is 15.2. The normalized spacial score (nSPS) is 16.8. The molecule has 32 heavy (non-hydrogen) atoms. The second kappa shape index (κ2) is 10.7. The molecular weight excluding hydrogens is 400 g/mol. The van der Waals surface area contributed by atoms with Crippen LogP contribution in [0.4, 0.5) is 5.69 Å². The van der Waals surface area contributed by atoms with Crippen LogP contribution in [-0.4, -0.2) is 65.9 Å². The monoisotopic (exact) mass is 436 g/mol. The summed E-state index contributed by atoms with van der Waals surface area (Å²) < 4.78 is 0. The zero-order valence-corrected chi connectivity index (χ0v) is 19.7. The van der Waals surface area contributed by atoms with Gasteiger partial charge >= 0.3 is 0 Å². The summed E-state index contributed by atoms with van der Waals surface area (Å²) in [6.45, 7) is 11.6. The molecule has 0 spiro atoms. The quantitative estimate of drug-likeness (QED) is 0.726. The van der Waals surface area contributed by atoms with Gasteiger partial charge in [-0.2, -0.15) is 0 Å². The summed E-state index contributed by atoms with van der Waals surface area (Å²) in [4.78, 5) is 29.8. The van der Waals surface area contributed by atoms with Gasteiger partial charge in [-0.3, -0.25) is 19.4 Å². The lowest BCUT2D eigenvalue weighted by Crippen LogP contribution is -2.47. The average Bonchev–Trinajstić information content (AvgIpc) is 2.98. The van der Waals surface area contributed by atoms with E-state index in [1.165, 1.54) is 0 Å². The first-order valence-corrected chi connectivity index (χ1v) is 11.5. The highest BCUT2D eigenvalue weighted by Crippen LogP contribution is 2.27. The Kier molecular flexibility index (Phi) is 8.04. The van der Waals surface area contributed by atoms with E-state index in [4.69, 9.17) is 0 Å². The summed E-state index contributed by atoms with van der Waals surface area (Å²) in [5.41, 5.74) is 2.69. The molecule has 0 aliphatic carbocycles. The Morgan fingerprint density at radius 2 is 1.62 bits per heavy atom. The standard InChI is InChI=1S/C26H36N4O2/c1-20(30-16-10-15-29(17-18-30)19-24(31)28-26(2,3)4)25(32)27-23-14-9-8-13-22(23)21-11-6-5-7-12-21/h5-9,11-14,20H,10,15-19H2,1-4H3,(H,27,32)(H,28,31)/t20-/m0/s1. The second-order valence-electron chi connectivity index (χ2n) is 9.54. The number of benzene rings is 2. The number of nitrogens with one attached hydrogen (secondary N) is 2. The van der Waals surface area contributed by atoms with Crippen LogP contribution in [0.5, 0.6) is 0 Å². The third-order valence-corrected chi connectivity index (χ3v) is 5.70. The number of hydrogen-bond donors (Lipinski definition) is 2. The fourth-order valence-electron chi connectivity index (χ4n) is 4.06. The van der Waals surface area contributed by atoms with E-state index in [-0.39, 0.29) is 23.4 Å². The van der Waals surface area contributed by atoms with Crippen molar-refractivity contribution < 1.29 is 9.59 Å².